The number of rotatable bonds is 5. The van der Waals surface area contributed by atoms with Gasteiger partial charge >= 0.3 is 0 Å². The molecule has 0 aromatic heterocycles. The number of hydroxylamine groups is 1. The maximum atomic E-state index is 12.5. The van der Waals surface area contributed by atoms with Crippen LogP contribution in [0.25, 0.3) is 6.08 Å². The Hall–Kier alpha value is -2.92. The first-order chi connectivity index (χ1) is 11.0. The molecule has 0 saturated heterocycles. The Bertz CT molecular complexity index is 734. The number of hydrogen-bond donors (Lipinski definition) is 2. The van der Waals surface area contributed by atoms with Gasteiger partial charge in [0.25, 0.3) is 5.91 Å². The lowest BCUT2D eigenvalue weighted by molar-refractivity contribution is -0.124. The third-order valence-electron chi connectivity index (χ3n) is 3.33. The third kappa shape index (κ3) is 4.28. The molecule has 0 spiro atoms. The van der Waals surface area contributed by atoms with E-state index in [1.807, 2.05) is 31.1 Å². The van der Waals surface area contributed by atoms with Crippen LogP contribution in [0.2, 0.25) is 0 Å². The monoisotopic (exact) mass is 310 g/mol. The highest BCUT2D eigenvalue weighted by Gasteiger charge is 2.09. The molecule has 0 aliphatic heterocycles. The summed E-state index contributed by atoms with van der Waals surface area (Å²) in [5.74, 6) is -0.710. The van der Waals surface area contributed by atoms with E-state index in [0.717, 1.165) is 5.69 Å². The quantitative estimate of drug-likeness (QED) is 0.385. The molecule has 2 aromatic carbocycles. The summed E-state index contributed by atoms with van der Waals surface area (Å²) in [6, 6.07) is 14.3. The molecular weight excluding hydrogens is 292 g/mol. The highest BCUT2D eigenvalue weighted by molar-refractivity contribution is 6.09. The third-order valence-corrected chi connectivity index (χ3v) is 3.33. The van der Waals surface area contributed by atoms with Crippen LogP contribution in [0.15, 0.2) is 54.6 Å². The average Bonchev–Trinajstić information content (AvgIpc) is 2.59. The molecule has 0 atom stereocenters. The van der Waals surface area contributed by atoms with Crippen molar-refractivity contribution in [1.82, 2.24) is 5.48 Å². The van der Waals surface area contributed by atoms with Gasteiger partial charge in [0.1, 0.15) is 0 Å². The van der Waals surface area contributed by atoms with Gasteiger partial charge in [-0.25, -0.2) is 5.48 Å². The van der Waals surface area contributed by atoms with Crippen molar-refractivity contribution in [2.24, 2.45) is 0 Å². The van der Waals surface area contributed by atoms with Gasteiger partial charge < -0.3 is 4.90 Å². The lowest BCUT2D eigenvalue weighted by atomic mass is 10.0. The predicted molar refractivity (Wildman–Crippen MR) is 89.6 cm³/mol. The van der Waals surface area contributed by atoms with E-state index in [1.54, 1.807) is 36.4 Å². The Kier molecular flexibility index (Phi) is 5.28. The summed E-state index contributed by atoms with van der Waals surface area (Å²) >= 11 is 0. The molecule has 5 heteroatoms. The van der Waals surface area contributed by atoms with E-state index < -0.39 is 5.91 Å². The van der Waals surface area contributed by atoms with E-state index in [2.05, 4.69) is 0 Å². The summed E-state index contributed by atoms with van der Waals surface area (Å²) in [5.41, 5.74) is 4.37. The van der Waals surface area contributed by atoms with Gasteiger partial charge in [-0.05, 0) is 42.0 Å². The van der Waals surface area contributed by atoms with Crippen molar-refractivity contribution in [3.8, 4) is 0 Å². The summed E-state index contributed by atoms with van der Waals surface area (Å²) in [6.07, 6.45) is 2.72. The maximum absolute atomic E-state index is 12.5. The molecule has 0 aliphatic carbocycles. The second-order valence-corrected chi connectivity index (χ2v) is 5.21. The molecule has 0 bridgehead atoms. The van der Waals surface area contributed by atoms with Crippen LogP contribution in [0.3, 0.4) is 0 Å². The molecule has 0 saturated carbocycles. The summed E-state index contributed by atoms with van der Waals surface area (Å²) in [6.45, 7) is 0. The van der Waals surface area contributed by atoms with Crippen LogP contribution < -0.4 is 10.4 Å². The molecule has 5 nitrogen and oxygen atoms in total. The summed E-state index contributed by atoms with van der Waals surface area (Å²) in [7, 11) is 3.88. The van der Waals surface area contributed by atoms with Crippen molar-refractivity contribution in [2.45, 2.75) is 0 Å². The first-order valence-electron chi connectivity index (χ1n) is 7.05. The van der Waals surface area contributed by atoms with Gasteiger partial charge in [-0.1, -0.05) is 18.2 Å². The zero-order valence-electron chi connectivity index (χ0n) is 13.0. The second-order valence-electron chi connectivity index (χ2n) is 5.21. The van der Waals surface area contributed by atoms with Crippen molar-refractivity contribution >= 4 is 23.5 Å². The lowest BCUT2D eigenvalue weighted by Gasteiger charge is -2.12. The second kappa shape index (κ2) is 7.38. The number of hydrogen-bond acceptors (Lipinski definition) is 4. The fourth-order valence-corrected chi connectivity index (χ4v) is 2.07. The molecule has 2 rings (SSSR count). The zero-order chi connectivity index (χ0) is 16.8. The summed E-state index contributed by atoms with van der Waals surface area (Å²) < 4.78 is 0. The molecule has 2 N–H and O–H groups in total. The summed E-state index contributed by atoms with van der Waals surface area (Å²) in [4.78, 5) is 25.5. The zero-order valence-corrected chi connectivity index (χ0v) is 13.0. The topological polar surface area (TPSA) is 69.6 Å². The highest BCUT2D eigenvalue weighted by Crippen LogP contribution is 2.16. The van der Waals surface area contributed by atoms with Crippen LogP contribution in [0.4, 0.5) is 5.69 Å². The number of ketones is 1. The van der Waals surface area contributed by atoms with Gasteiger partial charge in [-0.15, -0.1) is 0 Å². The van der Waals surface area contributed by atoms with Crippen molar-refractivity contribution in [1.29, 1.82) is 0 Å². The summed E-state index contributed by atoms with van der Waals surface area (Å²) in [5, 5.41) is 8.46. The first-order valence-corrected chi connectivity index (χ1v) is 7.05. The minimum absolute atomic E-state index is 0.0860. The van der Waals surface area contributed by atoms with Gasteiger partial charge in [0, 0.05) is 37.0 Å². The number of nitrogens with zero attached hydrogens (tertiary/aromatic N) is 1. The van der Waals surface area contributed by atoms with E-state index in [4.69, 9.17) is 5.21 Å². The molecular formula is C18H18N2O3. The minimum atomic E-state index is -0.624. The maximum Gasteiger partial charge on any atom is 0.267 e. The van der Waals surface area contributed by atoms with E-state index in [0.29, 0.717) is 16.7 Å². The largest absolute Gasteiger partial charge is 0.378 e. The highest BCUT2D eigenvalue weighted by atomic mass is 16.5. The Labute approximate surface area is 134 Å². The van der Waals surface area contributed by atoms with Crippen LogP contribution in [0.5, 0.6) is 0 Å². The van der Waals surface area contributed by atoms with Crippen LogP contribution >= 0.6 is 0 Å². The van der Waals surface area contributed by atoms with Crippen molar-refractivity contribution in [2.75, 3.05) is 19.0 Å². The predicted octanol–water partition coefficient (Wildman–Crippen LogP) is 2.50. The number of benzene rings is 2. The Morgan fingerprint density at radius 1 is 1.04 bits per heavy atom. The van der Waals surface area contributed by atoms with Crippen molar-refractivity contribution in [3.05, 3.63) is 71.3 Å². The number of carbonyl (C=O) groups excluding carboxylic acids is 2. The minimum Gasteiger partial charge on any atom is -0.378 e. The standard InChI is InChI=1S/C18H18N2O3/c1-20(2)16-9-7-14(8-10-16)18(22)15-5-3-4-13(12-15)6-11-17(21)19-23/h3-12,23H,1-2H3,(H,19,21). The van der Waals surface area contributed by atoms with Gasteiger partial charge in [0.15, 0.2) is 5.78 Å². The van der Waals surface area contributed by atoms with E-state index in [9.17, 15) is 9.59 Å². The number of nitrogens with one attached hydrogen (secondary N) is 1. The van der Waals surface area contributed by atoms with Crippen molar-refractivity contribution < 1.29 is 14.8 Å². The number of carbonyl (C=O) groups is 2. The molecule has 0 aliphatic rings. The smallest absolute Gasteiger partial charge is 0.267 e. The van der Waals surface area contributed by atoms with Crippen LogP contribution in [0.1, 0.15) is 21.5 Å². The van der Waals surface area contributed by atoms with Gasteiger partial charge in [0.2, 0.25) is 0 Å². The fraction of sp³-hybridized carbons (Fsp3) is 0.111. The van der Waals surface area contributed by atoms with E-state index in [1.165, 1.54) is 17.6 Å². The number of amides is 1. The molecule has 0 heterocycles. The van der Waals surface area contributed by atoms with Crippen LogP contribution in [0, 0.1) is 0 Å². The molecule has 1 amide bonds. The van der Waals surface area contributed by atoms with Gasteiger partial charge in [0.05, 0.1) is 0 Å². The molecule has 118 valence electrons. The Balaban J connectivity index is 2.22. The lowest BCUT2D eigenvalue weighted by Crippen LogP contribution is -2.14. The number of anilines is 1. The van der Waals surface area contributed by atoms with E-state index in [-0.39, 0.29) is 5.78 Å². The average molecular weight is 310 g/mol. The normalized spacial score (nSPS) is 10.6. The van der Waals surface area contributed by atoms with Crippen LogP contribution in [-0.4, -0.2) is 31.0 Å². The fourth-order valence-electron chi connectivity index (χ4n) is 2.07. The molecule has 2 aromatic rings. The SMILES string of the molecule is CN(C)c1ccc(C(=O)c2cccc(C=CC(=O)NO)c2)cc1. The molecule has 0 radical (unpaired) electrons. The van der Waals surface area contributed by atoms with Gasteiger partial charge in [-0.3, -0.25) is 14.8 Å². The van der Waals surface area contributed by atoms with Gasteiger partial charge in [-0.2, -0.15) is 0 Å². The molecule has 0 unspecified atom stereocenters. The van der Waals surface area contributed by atoms with Crippen molar-refractivity contribution in [3.63, 3.8) is 0 Å². The Morgan fingerprint density at radius 2 is 1.74 bits per heavy atom. The first kappa shape index (κ1) is 16.5. The van der Waals surface area contributed by atoms with E-state index >= 15 is 0 Å². The Morgan fingerprint density at radius 3 is 2.35 bits per heavy atom. The molecule has 0 fully saturated rings. The van der Waals surface area contributed by atoms with Crippen LogP contribution in [-0.2, 0) is 4.79 Å². The molecule has 23 heavy (non-hydrogen) atoms.